The van der Waals surface area contributed by atoms with Gasteiger partial charge in [0.05, 0.1) is 12.5 Å². The van der Waals surface area contributed by atoms with Gasteiger partial charge in [-0.3, -0.25) is 9.59 Å². The normalized spacial score (nSPS) is 26.6. The molecule has 4 heteroatoms. The minimum absolute atomic E-state index is 0.0888. The average molecular weight is 226 g/mol. The smallest absolute Gasteiger partial charge is 0.309 e. The first-order valence-corrected chi connectivity index (χ1v) is 5.32. The first kappa shape index (κ1) is 14.6. The Kier molecular flexibility index (Phi) is 7.09. The van der Waals surface area contributed by atoms with E-state index in [1.807, 2.05) is 6.92 Å². The molecule has 0 heterocycles. The zero-order valence-corrected chi connectivity index (χ0v) is 9.88. The van der Waals surface area contributed by atoms with Crippen LogP contribution in [-0.4, -0.2) is 25.1 Å². The highest BCUT2D eigenvalue weighted by Crippen LogP contribution is 2.44. The van der Waals surface area contributed by atoms with E-state index in [9.17, 15) is 14.4 Å². The van der Waals surface area contributed by atoms with Gasteiger partial charge in [0, 0.05) is 5.92 Å². The lowest BCUT2D eigenvalue weighted by Crippen LogP contribution is -2.08. The maximum absolute atomic E-state index is 11.0. The largest absolute Gasteiger partial charge is 0.466 e. The standard InChI is InChI=1S/C8H12O3.C4H6O/c1-3-11-8(10)7-5(2)6(7)4-9;1-2-3-4-5/h4-7H,3H2,1-2H3;2-4H,1H3. The van der Waals surface area contributed by atoms with Gasteiger partial charge in [-0.25, -0.2) is 0 Å². The van der Waals surface area contributed by atoms with E-state index in [2.05, 4.69) is 0 Å². The van der Waals surface area contributed by atoms with Crippen molar-refractivity contribution in [3.05, 3.63) is 12.2 Å². The third-order valence-corrected chi connectivity index (χ3v) is 2.43. The molecule has 0 aromatic heterocycles. The number of esters is 1. The van der Waals surface area contributed by atoms with Crippen LogP contribution in [-0.2, 0) is 19.1 Å². The summed E-state index contributed by atoms with van der Waals surface area (Å²) >= 11 is 0. The van der Waals surface area contributed by atoms with Crippen molar-refractivity contribution < 1.29 is 19.1 Å². The van der Waals surface area contributed by atoms with Crippen LogP contribution in [0.2, 0.25) is 0 Å². The molecule has 0 N–H and O–H groups in total. The Balaban J connectivity index is 0.000000385. The zero-order chi connectivity index (χ0) is 12.6. The summed E-state index contributed by atoms with van der Waals surface area (Å²) < 4.78 is 4.77. The molecule has 0 amide bonds. The summed E-state index contributed by atoms with van der Waals surface area (Å²) in [5.74, 6) is -0.287. The van der Waals surface area contributed by atoms with Crippen molar-refractivity contribution in [2.75, 3.05) is 6.61 Å². The van der Waals surface area contributed by atoms with Crippen molar-refractivity contribution in [2.24, 2.45) is 17.8 Å². The summed E-state index contributed by atoms with van der Waals surface area (Å²) in [6, 6.07) is 0. The number of hydrogen-bond acceptors (Lipinski definition) is 4. The van der Waals surface area contributed by atoms with Crippen molar-refractivity contribution in [3.63, 3.8) is 0 Å². The van der Waals surface area contributed by atoms with Gasteiger partial charge in [0.25, 0.3) is 0 Å². The van der Waals surface area contributed by atoms with E-state index in [4.69, 9.17) is 4.74 Å². The lowest BCUT2D eigenvalue weighted by molar-refractivity contribution is -0.145. The van der Waals surface area contributed by atoms with Crippen molar-refractivity contribution >= 4 is 18.5 Å². The molecule has 3 atom stereocenters. The van der Waals surface area contributed by atoms with E-state index < -0.39 is 0 Å². The molecule has 0 saturated heterocycles. The molecule has 0 aromatic rings. The molecule has 4 nitrogen and oxygen atoms in total. The highest BCUT2D eigenvalue weighted by Gasteiger charge is 2.52. The Hall–Kier alpha value is -1.45. The molecule has 1 fully saturated rings. The summed E-state index contributed by atoms with van der Waals surface area (Å²) in [6.45, 7) is 5.85. The SMILES string of the molecule is CC=CC=O.CCOC(=O)C1C(C)C1C=O. The number of hydrogen-bond donors (Lipinski definition) is 0. The third-order valence-electron chi connectivity index (χ3n) is 2.43. The van der Waals surface area contributed by atoms with Crippen LogP contribution in [0.1, 0.15) is 20.8 Å². The van der Waals surface area contributed by atoms with E-state index in [1.165, 1.54) is 6.08 Å². The second kappa shape index (κ2) is 7.79. The summed E-state index contributed by atoms with van der Waals surface area (Å²) in [5.41, 5.74) is 0. The predicted molar refractivity (Wildman–Crippen MR) is 59.7 cm³/mol. The molecule has 1 saturated carbocycles. The van der Waals surface area contributed by atoms with Crippen molar-refractivity contribution in [2.45, 2.75) is 20.8 Å². The highest BCUT2D eigenvalue weighted by atomic mass is 16.5. The number of carbonyl (C=O) groups is 3. The topological polar surface area (TPSA) is 60.4 Å². The number of aldehydes is 2. The molecule has 3 unspecified atom stereocenters. The second-order valence-corrected chi connectivity index (χ2v) is 3.51. The van der Waals surface area contributed by atoms with Gasteiger partial charge in [-0.05, 0) is 25.8 Å². The predicted octanol–water partition coefficient (Wildman–Crippen LogP) is 1.39. The van der Waals surface area contributed by atoms with Crippen LogP contribution in [0, 0.1) is 17.8 Å². The fourth-order valence-corrected chi connectivity index (χ4v) is 1.39. The molecule has 90 valence electrons. The van der Waals surface area contributed by atoms with Crippen molar-refractivity contribution in [3.8, 4) is 0 Å². The molecule has 16 heavy (non-hydrogen) atoms. The lowest BCUT2D eigenvalue weighted by atomic mass is 10.3. The zero-order valence-electron chi connectivity index (χ0n) is 9.88. The van der Waals surface area contributed by atoms with Crippen LogP contribution in [0.25, 0.3) is 0 Å². The van der Waals surface area contributed by atoms with Gasteiger partial charge in [0.15, 0.2) is 0 Å². The Morgan fingerprint density at radius 3 is 2.25 bits per heavy atom. The van der Waals surface area contributed by atoms with Gasteiger partial charge in [0.2, 0.25) is 0 Å². The molecular weight excluding hydrogens is 208 g/mol. The maximum Gasteiger partial charge on any atom is 0.309 e. The van der Waals surface area contributed by atoms with E-state index in [-0.39, 0.29) is 23.7 Å². The monoisotopic (exact) mass is 226 g/mol. The number of ether oxygens (including phenoxy) is 1. The Labute approximate surface area is 95.7 Å². The molecule has 1 aliphatic carbocycles. The van der Waals surface area contributed by atoms with Crippen molar-refractivity contribution in [1.82, 2.24) is 0 Å². The number of rotatable bonds is 4. The summed E-state index contributed by atoms with van der Waals surface area (Å²) in [5, 5.41) is 0. The molecule has 0 radical (unpaired) electrons. The summed E-state index contributed by atoms with van der Waals surface area (Å²) in [4.78, 5) is 30.6. The van der Waals surface area contributed by atoms with E-state index in [0.717, 1.165) is 12.6 Å². The van der Waals surface area contributed by atoms with E-state index >= 15 is 0 Å². The minimum atomic E-state index is -0.225. The molecule has 0 bridgehead atoms. The van der Waals surface area contributed by atoms with E-state index in [1.54, 1.807) is 19.9 Å². The van der Waals surface area contributed by atoms with Crippen molar-refractivity contribution in [1.29, 1.82) is 0 Å². The summed E-state index contributed by atoms with van der Waals surface area (Å²) in [7, 11) is 0. The molecule has 0 aliphatic heterocycles. The number of allylic oxidation sites excluding steroid dienone is 2. The molecule has 0 spiro atoms. The second-order valence-electron chi connectivity index (χ2n) is 3.51. The van der Waals surface area contributed by atoms with Gasteiger partial charge in [-0.2, -0.15) is 0 Å². The van der Waals surface area contributed by atoms with E-state index in [0.29, 0.717) is 6.61 Å². The fourth-order valence-electron chi connectivity index (χ4n) is 1.39. The summed E-state index contributed by atoms with van der Waals surface area (Å²) in [6.07, 6.45) is 4.72. The first-order valence-electron chi connectivity index (χ1n) is 5.32. The Morgan fingerprint density at radius 1 is 1.38 bits per heavy atom. The molecule has 1 rings (SSSR count). The van der Waals surface area contributed by atoms with Crippen LogP contribution in [0.15, 0.2) is 12.2 Å². The van der Waals surface area contributed by atoms with Crippen LogP contribution in [0.5, 0.6) is 0 Å². The quantitative estimate of drug-likeness (QED) is 0.413. The first-order chi connectivity index (χ1) is 7.63. The minimum Gasteiger partial charge on any atom is -0.466 e. The van der Waals surface area contributed by atoms with Gasteiger partial charge in [-0.15, -0.1) is 0 Å². The Bertz CT molecular complexity index is 270. The Morgan fingerprint density at radius 2 is 2.00 bits per heavy atom. The number of carbonyl (C=O) groups excluding carboxylic acids is 3. The van der Waals surface area contributed by atoms with Gasteiger partial charge >= 0.3 is 5.97 Å². The fraction of sp³-hybridized carbons (Fsp3) is 0.583. The third kappa shape index (κ3) is 4.38. The average Bonchev–Trinajstić information content (AvgIpc) is 2.91. The van der Waals surface area contributed by atoms with Crippen LogP contribution in [0.4, 0.5) is 0 Å². The molecule has 0 aromatic carbocycles. The highest BCUT2D eigenvalue weighted by molar-refractivity contribution is 5.82. The van der Waals surface area contributed by atoms with Crippen LogP contribution >= 0.6 is 0 Å². The van der Waals surface area contributed by atoms with Crippen LogP contribution < -0.4 is 0 Å². The van der Waals surface area contributed by atoms with Gasteiger partial charge in [0.1, 0.15) is 12.6 Å². The molecule has 1 aliphatic rings. The van der Waals surface area contributed by atoms with Crippen LogP contribution in [0.3, 0.4) is 0 Å². The molecular formula is C12H18O4. The van der Waals surface area contributed by atoms with Gasteiger partial charge < -0.3 is 9.53 Å². The van der Waals surface area contributed by atoms with Gasteiger partial charge in [-0.1, -0.05) is 13.0 Å². The lowest BCUT2D eigenvalue weighted by Gasteiger charge is -1.97. The maximum atomic E-state index is 11.0.